The number of aromatic nitrogens is 2. The number of nitrogens with zero attached hydrogens (tertiary/aromatic N) is 4. The molecule has 4 rings (SSSR count). The maximum absolute atomic E-state index is 14.9. The van der Waals surface area contributed by atoms with E-state index >= 15 is 0 Å². The first-order valence-electron chi connectivity index (χ1n) is 9.77. The Balaban J connectivity index is 1.46. The number of halogens is 1. The molecular weight excluding hydrogens is 377 g/mol. The topological polar surface area (TPSA) is 79.7 Å². The van der Waals surface area contributed by atoms with Gasteiger partial charge in [0.1, 0.15) is 11.9 Å². The largest absolute Gasteiger partial charge is 0.442 e. The van der Waals surface area contributed by atoms with Crippen LogP contribution in [0.1, 0.15) is 31.5 Å². The fourth-order valence-corrected chi connectivity index (χ4v) is 3.80. The van der Waals surface area contributed by atoms with Crippen LogP contribution in [0, 0.1) is 5.82 Å². The molecule has 29 heavy (non-hydrogen) atoms. The number of nitrogens with one attached hydrogen (secondary N) is 1. The van der Waals surface area contributed by atoms with Gasteiger partial charge in [0.25, 0.3) is 0 Å². The van der Waals surface area contributed by atoms with E-state index in [1.165, 1.54) is 17.9 Å². The van der Waals surface area contributed by atoms with Crippen LogP contribution in [0.4, 0.5) is 20.6 Å². The van der Waals surface area contributed by atoms with Crippen LogP contribution >= 0.6 is 0 Å². The molecule has 1 N–H and O–H groups in total. The quantitative estimate of drug-likeness (QED) is 0.804. The van der Waals surface area contributed by atoms with Crippen LogP contribution in [0.25, 0.3) is 0 Å². The highest BCUT2D eigenvalue weighted by Gasteiger charge is 2.33. The Hall–Kier alpha value is -3.10. The summed E-state index contributed by atoms with van der Waals surface area (Å²) in [6.45, 7) is 6.07. The zero-order chi connectivity index (χ0) is 20.5. The maximum Gasteiger partial charge on any atom is 0.414 e. The van der Waals surface area contributed by atoms with Crippen LogP contribution < -0.4 is 15.1 Å². The summed E-state index contributed by atoms with van der Waals surface area (Å²) in [6.07, 6.45) is 1.85. The molecule has 0 unspecified atom stereocenters. The molecule has 1 saturated heterocycles. The van der Waals surface area contributed by atoms with Crippen LogP contribution in [0.15, 0.2) is 24.4 Å². The van der Waals surface area contributed by atoms with Crippen molar-refractivity contribution in [3.63, 3.8) is 0 Å². The van der Waals surface area contributed by atoms with Gasteiger partial charge in [0.15, 0.2) is 0 Å². The van der Waals surface area contributed by atoms with Gasteiger partial charge in [0.2, 0.25) is 5.91 Å². The van der Waals surface area contributed by atoms with E-state index in [0.717, 1.165) is 24.2 Å². The van der Waals surface area contributed by atoms with E-state index in [1.807, 2.05) is 15.8 Å². The van der Waals surface area contributed by atoms with Gasteiger partial charge in [-0.25, -0.2) is 9.18 Å². The summed E-state index contributed by atoms with van der Waals surface area (Å²) in [5.74, 6) is -0.579. The van der Waals surface area contributed by atoms with Crippen LogP contribution in [0.2, 0.25) is 0 Å². The summed E-state index contributed by atoms with van der Waals surface area (Å²) in [5, 5.41) is 7.02. The Morgan fingerprint density at radius 1 is 1.38 bits per heavy atom. The summed E-state index contributed by atoms with van der Waals surface area (Å²) in [4.78, 5) is 26.5. The first-order valence-corrected chi connectivity index (χ1v) is 9.77. The number of carbonyl (C=O) groups excluding carboxylic acids is 2. The number of anilines is 2. The summed E-state index contributed by atoms with van der Waals surface area (Å²) in [7, 11) is 0. The van der Waals surface area contributed by atoms with E-state index in [1.54, 1.807) is 12.1 Å². The number of rotatable bonds is 6. The molecule has 0 bridgehead atoms. The Morgan fingerprint density at radius 3 is 2.93 bits per heavy atom. The van der Waals surface area contributed by atoms with Crippen molar-refractivity contribution in [2.24, 2.45) is 0 Å². The van der Waals surface area contributed by atoms with Gasteiger partial charge in [-0.3, -0.25) is 14.4 Å². The highest BCUT2D eigenvalue weighted by Crippen LogP contribution is 2.33. The Morgan fingerprint density at radius 2 is 2.21 bits per heavy atom. The van der Waals surface area contributed by atoms with Gasteiger partial charge in [-0.05, 0) is 24.6 Å². The minimum Gasteiger partial charge on any atom is -0.442 e. The highest BCUT2D eigenvalue weighted by atomic mass is 19.1. The number of benzene rings is 1. The highest BCUT2D eigenvalue weighted by molar-refractivity contribution is 5.90. The van der Waals surface area contributed by atoms with E-state index < -0.39 is 12.2 Å². The van der Waals surface area contributed by atoms with Crippen LogP contribution in [-0.4, -0.2) is 41.0 Å². The number of fused-ring (bicyclic) bond motifs is 1. The van der Waals surface area contributed by atoms with E-state index in [9.17, 15) is 14.0 Å². The average molecular weight is 401 g/mol. The maximum atomic E-state index is 14.9. The molecule has 8 nitrogen and oxygen atoms in total. The van der Waals surface area contributed by atoms with Crippen molar-refractivity contribution in [2.75, 3.05) is 22.9 Å². The molecule has 0 aliphatic carbocycles. The van der Waals surface area contributed by atoms with Crippen molar-refractivity contribution in [1.82, 2.24) is 15.1 Å². The molecule has 2 amide bonds. The van der Waals surface area contributed by atoms with Crippen molar-refractivity contribution in [3.8, 4) is 0 Å². The van der Waals surface area contributed by atoms with Crippen molar-refractivity contribution >= 4 is 23.4 Å². The molecule has 2 aliphatic rings. The lowest BCUT2D eigenvalue weighted by Gasteiger charge is -2.21. The van der Waals surface area contributed by atoms with E-state index in [2.05, 4.69) is 17.3 Å². The van der Waals surface area contributed by atoms with Crippen molar-refractivity contribution in [1.29, 1.82) is 0 Å². The molecule has 154 valence electrons. The normalized spacial score (nSPS) is 18.2. The van der Waals surface area contributed by atoms with E-state index in [-0.39, 0.29) is 24.8 Å². The first-order chi connectivity index (χ1) is 14.0. The fraction of sp³-hybridized carbons (Fsp3) is 0.450. The zero-order valence-corrected chi connectivity index (χ0v) is 16.5. The van der Waals surface area contributed by atoms with Gasteiger partial charge in [-0.2, -0.15) is 5.10 Å². The minimum atomic E-state index is -0.541. The summed E-state index contributed by atoms with van der Waals surface area (Å²) in [6, 6.07) is 4.78. The molecule has 0 spiro atoms. The molecular formula is C20H24FN5O3. The lowest BCUT2D eigenvalue weighted by molar-refractivity contribution is -0.119. The first kappa shape index (κ1) is 19.2. The molecule has 1 atom stereocenters. The van der Waals surface area contributed by atoms with Crippen molar-refractivity contribution in [2.45, 2.75) is 46.0 Å². The number of ether oxygens (including phenoxy) is 1. The minimum absolute atomic E-state index is 0.191. The summed E-state index contributed by atoms with van der Waals surface area (Å²) in [5.41, 5.74) is 3.18. The number of carbonyl (C=O) groups is 2. The molecule has 1 fully saturated rings. The van der Waals surface area contributed by atoms with Gasteiger partial charge in [0, 0.05) is 25.6 Å². The average Bonchev–Trinajstić information content (AvgIpc) is 3.35. The summed E-state index contributed by atoms with van der Waals surface area (Å²) < 4.78 is 22.1. The third-order valence-corrected chi connectivity index (χ3v) is 5.21. The Kier molecular flexibility index (Phi) is 5.12. The van der Waals surface area contributed by atoms with Gasteiger partial charge in [-0.15, -0.1) is 0 Å². The van der Waals surface area contributed by atoms with Crippen molar-refractivity contribution in [3.05, 3.63) is 41.5 Å². The molecule has 3 heterocycles. The fourth-order valence-electron chi connectivity index (χ4n) is 3.80. The molecule has 0 saturated carbocycles. The SMILES string of the molecule is CCCn1ncc2c1CN(c1ccc(N3C[C@H](CNC(C)=O)OC3=O)cc1F)C2. The predicted molar refractivity (Wildman–Crippen MR) is 105 cm³/mol. The van der Waals surface area contributed by atoms with Crippen LogP contribution in [0.5, 0.6) is 0 Å². The van der Waals surface area contributed by atoms with Gasteiger partial charge in [-0.1, -0.05) is 6.92 Å². The second-order valence-corrected chi connectivity index (χ2v) is 7.38. The third-order valence-electron chi connectivity index (χ3n) is 5.21. The van der Waals surface area contributed by atoms with Gasteiger partial charge in [0.05, 0.1) is 42.9 Å². The van der Waals surface area contributed by atoms with E-state index in [4.69, 9.17) is 4.74 Å². The smallest absolute Gasteiger partial charge is 0.414 e. The van der Waals surface area contributed by atoms with Crippen molar-refractivity contribution < 1.29 is 18.7 Å². The molecule has 2 aromatic rings. The number of amides is 2. The molecule has 2 aliphatic heterocycles. The standard InChI is InChI=1S/C20H24FN5O3/c1-3-6-26-19-12-24(10-14(19)8-23-26)18-5-4-15(7-17(18)21)25-11-16(29-20(25)28)9-22-13(2)27/h4-5,7-8,16H,3,6,9-12H2,1-2H3,(H,22,27)/t16-/m0/s1. The number of cyclic esters (lactones) is 1. The monoisotopic (exact) mass is 401 g/mol. The molecule has 1 aromatic carbocycles. The third kappa shape index (κ3) is 3.76. The Bertz CT molecular complexity index is 944. The number of hydrogen-bond acceptors (Lipinski definition) is 5. The van der Waals surface area contributed by atoms with E-state index in [0.29, 0.717) is 24.5 Å². The van der Waals surface area contributed by atoms with Gasteiger partial charge >= 0.3 is 6.09 Å². The van der Waals surface area contributed by atoms with Crippen LogP contribution in [-0.2, 0) is 29.2 Å². The van der Waals surface area contributed by atoms with Crippen LogP contribution in [0.3, 0.4) is 0 Å². The molecule has 1 aromatic heterocycles. The second-order valence-electron chi connectivity index (χ2n) is 7.38. The lowest BCUT2D eigenvalue weighted by atomic mass is 10.2. The predicted octanol–water partition coefficient (Wildman–Crippen LogP) is 2.41. The zero-order valence-electron chi connectivity index (χ0n) is 16.5. The molecule has 9 heteroatoms. The number of aryl methyl sites for hydroxylation is 1. The lowest BCUT2D eigenvalue weighted by Crippen LogP contribution is -2.33. The number of hydrogen-bond donors (Lipinski definition) is 1. The van der Waals surface area contributed by atoms with Gasteiger partial charge < -0.3 is 15.0 Å². The Labute approximate surface area is 168 Å². The summed E-state index contributed by atoms with van der Waals surface area (Å²) >= 11 is 0. The molecule has 0 radical (unpaired) electrons. The second kappa shape index (κ2) is 7.73.